The summed E-state index contributed by atoms with van der Waals surface area (Å²) in [7, 11) is 0. The van der Waals surface area contributed by atoms with E-state index in [0.717, 1.165) is 33.2 Å². The average Bonchev–Trinajstić information content (AvgIpc) is 3.35. The lowest BCUT2D eigenvalue weighted by Gasteiger charge is -2.22. The number of hydrogen-bond donors (Lipinski definition) is 1. The normalized spacial score (nSPS) is 23.3. The van der Waals surface area contributed by atoms with E-state index in [-0.39, 0.29) is 23.9 Å². The minimum atomic E-state index is -4.90. The van der Waals surface area contributed by atoms with Gasteiger partial charge >= 0.3 is 12.4 Å². The van der Waals surface area contributed by atoms with Crippen LogP contribution in [0.15, 0.2) is 46.9 Å². The number of halogens is 7. The zero-order chi connectivity index (χ0) is 22.1. The van der Waals surface area contributed by atoms with Crippen molar-refractivity contribution in [3.63, 3.8) is 0 Å². The number of alkyl halides is 6. The number of nitrogens with one attached hydrogen (secondary N) is 1. The van der Waals surface area contributed by atoms with Gasteiger partial charge in [-0.15, -0.1) is 0 Å². The van der Waals surface area contributed by atoms with Crippen LogP contribution < -0.4 is 5.32 Å². The van der Waals surface area contributed by atoms with Crippen LogP contribution in [-0.4, -0.2) is 11.2 Å². The van der Waals surface area contributed by atoms with Gasteiger partial charge in [0, 0.05) is 28.1 Å². The van der Waals surface area contributed by atoms with E-state index < -0.39 is 29.5 Å². The number of anilines is 1. The highest BCUT2D eigenvalue weighted by molar-refractivity contribution is 9.10. The first-order valence-electron chi connectivity index (χ1n) is 9.51. The van der Waals surface area contributed by atoms with E-state index in [9.17, 15) is 26.3 Å². The SMILES string of the molecule is FC(F)(F)c1cc(N[C@H]2c3c(Br)c4ccccc4n3[C@H]3OCC[C@@H]23)cc(C(F)(F)F)c1. The van der Waals surface area contributed by atoms with Crippen molar-refractivity contribution in [3.05, 3.63) is 63.8 Å². The van der Waals surface area contributed by atoms with E-state index in [1.54, 1.807) is 0 Å². The molecule has 1 aromatic heterocycles. The molecule has 5 rings (SSSR count). The van der Waals surface area contributed by atoms with E-state index in [0.29, 0.717) is 13.0 Å². The highest BCUT2D eigenvalue weighted by atomic mass is 79.9. The van der Waals surface area contributed by atoms with Crippen molar-refractivity contribution < 1.29 is 31.1 Å². The molecule has 1 saturated heterocycles. The fourth-order valence-corrected chi connectivity index (χ4v) is 5.36. The Bertz CT molecular complexity index is 1140. The Labute approximate surface area is 181 Å². The molecule has 3 atom stereocenters. The molecule has 3 heterocycles. The van der Waals surface area contributed by atoms with Gasteiger partial charge in [0.2, 0.25) is 0 Å². The summed E-state index contributed by atoms with van der Waals surface area (Å²) in [4.78, 5) is 0. The molecule has 0 spiro atoms. The van der Waals surface area contributed by atoms with Crippen LogP contribution in [0.3, 0.4) is 0 Å². The van der Waals surface area contributed by atoms with E-state index in [2.05, 4.69) is 21.2 Å². The summed E-state index contributed by atoms with van der Waals surface area (Å²) >= 11 is 3.58. The third kappa shape index (κ3) is 3.31. The average molecular weight is 505 g/mol. The van der Waals surface area contributed by atoms with Gasteiger partial charge in [0.25, 0.3) is 0 Å². The number of fused-ring (bicyclic) bond motifs is 5. The van der Waals surface area contributed by atoms with Crippen LogP contribution in [0.1, 0.15) is 35.5 Å². The molecule has 10 heteroatoms. The topological polar surface area (TPSA) is 26.2 Å². The summed E-state index contributed by atoms with van der Waals surface area (Å²) in [6.07, 6.45) is -9.50. The number of hydrogen-bond acceptors (Lipinski definition) is 2. The predicted octanol–water partition coefficient (Wildman–Crippen LogP) is 7.14. The van der Waals surface area contributed by atoms with Gasteiger partial charge in [0.1, 0.15) is 6.23 Å². The zero-order valence-electron chi connectivity index (χ0n) is 15.7. The Morgan fingerprint density at radius 2 is 1.61 bits per heavy atom. The van der Waals surface area contributed by atoms with Crippen molar-refractivity contribution in [1.29, 1.82) is 0 Å². The van der Waals surface area contributed by atoms with Crippen LogP contribution >= 0.6 is 15.9 Å². The molecule has 1 N–H and O–H groups in total. The first-order chi connectivity index (χ1) is 14.6. The number of ether oxygens (including phenoxy) is 1. The number of rotatable bonds is 2. The first kappa shape index (κ1) is 20.7. The van der Waals surface area contributed by atoms with Crippen molar-refractivity contribution in [3.8, 4) is 0 Å². The fourth-order valence-electron chi connectivity index (χ4n) is 4.59. The number of nitrogens with zero attached hydrogens (tertiary/aromatic N) is 1. The number of para-hydroxylation sites is 1. The standard InChI is InChI=1S/C21H15BrF6N2O/c22-16-13-3-1-2-4-15(13)30-18(16)17(14-5-6-31-19(14)30)29-12-8-10(20(23,24)25)7-11(9-12)21(26,27)28/h1-4,7-9,14,17,19,29H,5-6H2/t14-,17+,19-/m0/s1. The van der Waals surface area contributed by atoms with Crippen LogP contribution in [0.5, 0.6) is 0 Å². The maximum Gasteiger partial charge on any atom is 0.416 e. The van der Waals surface area contributed by atoms with E-state index in [1.165, 1.54) is 0 Å². The van der Waals surface area contributed by atoms with Gasteiger partial charge in [-0.2, -0.15) is 26.3 Å². The monoisotopic (exact) mass is 504 g/mol. The highest BCUT2D eigenvalue weighted by Crippen LogP contribution is 2.53. The predicted molar refractivity (Wildman–Crippen MR) is 106 cm³/mol. The molecule has 0 unspecified atom stereocenters. The molecular weight excluding hydrogens is 490 g/mol. The van der Waals surface area contributed by atoms with Crippen LogP contribution in [0.25, 0.3) is 10.9 Å². The lowest BCUT2D eigenvalue weighted by molar-refractivity contribution is -0.143. The third-order valence-electron chi connectivity index (χ3n) is 5.88. The molecule has 2 aromatic carbocycles. The quantitative estimate of drug-likeness (QED) is 0.375. The van der Waals surface area contributed by atoms with Crippen molar-refractivity contribution in [2.24, 2.45) is 5.92 Å². The molecule has 0 aliphatic carbocycles. The van der Waals surface area contributed by atoms with Crippen LogP contribution in [0.4, 0.5) is 32.0 Å². The van der Waals surface area contributed by atoms with E-state index >= 15 is 0 Å². The second kappa shape index (κ2) is 6.90. The van der Waals surface area contributed by atoms with Gasteiger partial charge in [-0.05, 0) is 46.6 Å². The Balaban J connectivity index is 1.63. The van der Waals surface area contributed by atoms with Crippen LogP contribution in [0, 0.1) is 5.92 Å². The Kier molecular flexibility index (Phi) is 4.60. The van der Waals surface area contributed by atoms with Crippen molar-refractivity contribution in [2.75, 3.05) is 11.9 Å². The van der Waals surface area contributed by atoms with Crippen LogP contribution in [0.2, 0.25) is 0 Å². The maximum atomic E-state index is 13.3. The summed E-state index contributed by atoms with van der Waals surface area (Å²) in [6, 6.07) is 8.61. The Hall–Kier alpha value is -2.20. The van der Waals surface area contributed by atoms with Crippen molar-refractivity contribution >= 4 is 32.5 Å². The van der Waals surface area contributed by atoms with Crippen molar-refractivity contribution in [1.82, 2.24) is 4.57 Å². The fraction of sp³-hybridized carbons (Fsp3) is 0.333. The Morgan fingerprint density at radius 1 is 0.968 bits per heavy atom. The lowest BCUT2D eigenvalue weighted by Crippen LogP contribution is -2.18. The molecule has 0 saturated carbocycles. The van der Waals surface area contributed by atoms with Gasteiger partial charge in [0.15, 0.2) is 0 Å². The summed E-state index contributed by atoms with van der Waals surface area (Å²) in [6.45, 7) is 0.466. The molecule has 1 fully saturated rings. The van der Waals surface area contributed by atoms with Crippen LogP contribution in [-0.2, 0) is 17.1 Å². The smallest absolute Gasteiger partial charge is 0.376 e. The molecule has 31 heavy (non-hydrogen) atoms. The molecule has 3 nitrogen and oxygen atoms in total. The molecule has 164 valence electrons. The lowest BCUT2D eigenvalue weighted by atomic mass is 9.96. The van der Waals surface area contributed by atoms with Gasteiger partial charge in [-0.3, -0.25) is 0 Å². The second-order valence-corrected chi connectivity index (χ2v) is 8.51. The molecule has 0 amide bonds. The maximum absolute atomic E-state index is 13.3. The Morgan fingerprint density at radius 3 is 2.26 bits per heavy atom. The molecular formula is C21H15BrF6N2O. The van der Waals surface area contributed by atoms with Crippen molar-refractivity contribution in [2.45, 2.75) is 31.0 Å². The molecule has 2 aliphatic heterocycles. The van der Waals surface area contributed by atoms with Gasteiger partial charge in [0.05, 0.1) is 28.4 Å². The molecule has 0 bridgehead atoms. The highest BCUT2D eigenvalue weighted by Gasteiger charge is 2.47. The van der Waals surface area contributed by atoms with E-state index in [1.807, 2.05) is 28.8 Å². The molecule has 2 aliphatic rings. The summed E-state index contributed by atoms with van der Waals surface area (Å²) in [5, 5.41) is 3.87. The van der Waals surface area contributed by atoms with E-state index in [4.69, 9.17) is 4.74 Å². The molecule has 0 radical (unpaired) electrons. The minimum Gasteiger partial charge on any atom is -0.376 e. The second-order valence-electron chi connectivity index (χ2n) is 7.72. The number of benzene rings is 2. The summed E-state index contributed by atoms with van der Waals surface area (Å²) < 4.78 is 88.3. The minimum absolute atomic E-state index is 0.125. The molecule has 3 aromatic rings. The third-order valence-corrected chi connectivity index (χ3v) is 6.71. The van der Waals surface area contributed by atoms with Gasteiger partial charge in [-0.25, -0.2) is 0 Å². The summed E-state index contributed by atoms with van der Waals surface area (Å²) in [5.74, 6) is -0.125. The first-order valence-corrected chi connectivity index (χ1v) is 10.3. The largest absolute Gasteiger partial charge is 0.416 e. The van der Waals surface area contributed by atoms with Gasteiger partial charge in [-0.1, -0.05) is 18.2 Å². The summed E-state index contributed by atoms with van der Waals surface area (Å²) in [5.41, 5.74) is -1.28. The van der Waals surface area contributed by atoms with Gasteiger partial charge < -0.3 is 14.6 Å². The zero-order valence-corrected chi connectivity index (χ0v) is 17.3. The number of aromatic nitrogens is 1.